The number of halogens is 3. The minimum absolute atomic E-state index is 0.0552. The molecule has 1 atom stereocenters. The largest absolute Gasteiger partial charge is 0.416 e. The summed E-state index contributed by atoms with van der Waals surface area (Å²) in [6.45, 7) is 4.43. The fourth-order valence-electron chi connectivity index (χ4n) is 3.49. The summed E-state index contributed by atoms with van der Waals surface area (Å²) in [5, 5.41) is 3.69. The molecule has 3 rings (SSSR count). The lowest BCUT2D eigenvalue weighted by molar-refractivity contribution is -0.137. The Balaban J connectivity index is 1.88. The summed E-state index contributed by atoms with van der Waals surface area (Å²) in [5.74, 6) is -0.443. The molecule has 1 aliphatic rings. The molecule has 1 fully saturated rings. The van der Waals surface area contributed by atoms with Crippen LogP contribution in [0.4, 0.5) is 13.2 Å². The van der Waals surface area contributed by atoms with E-state index in [1.165, 1.54) is 17.4 Å². The number of aryl methyl sites for hydroxylation is 2. The van der Waals surface area contributed by atoms with E-state index in [0.29, 0.717) is 35.5 Å². The van der Waals surface area contributed by atoms with Crippen LogP contribution in [0.3, 0.4) is 0 Å². The van der Waals surface area contributed by atoms with Gasteiger partial charge in [-0.15, -0.1) is 11.3 Å². The molecule has 0 spiro atoms. The van der Waals surface area contributed by atoms with Gasteiger partial charge in [-0.2, -0.15) is 13.2 Å². The lowest BCUT2D eigenvalue weighted by Crippen LogP contribution is -2.38. The van der Waals surface area contributed by atoms with Gasteiger partial charge >= 0.3 is 6.18 Å². The van der Waals surface area contributed by atoms with Gasteiger partial charge in [-0.25, -0.2) is 4.98 Å². The summed E-state index contributed by atoms with van der Waals surface area (Å²) in [6, 6.07) is 4.14. The first kappa shape index (κ1) is 22.3. The molecule has 0 saturated carbocycles. The Hall–Kier alpha value is -2.42. The summed E-state index contributed by atoms with van der Waals surface area (Å²) in [5.41, 5.74) is 0.126. The first-order chi connectivity index (χ1) is 14.2. The molecular formula is C21H24F3N3O2S. The van der Waals surface area contributed by atoms with Gasteiger partial charge in [0, 0.05) is 19.5 Å². The number of carbonyl (C=O) groups excluding carboxylic acids is 2. The second kappa shape index (κ2) is 9.16. The summed E-state index contributed by atoms with van der Waals surface area (Å²) in [7, 11) is 0. The van der Waals surface area contributed by atoms with Crippen LogP contribution >= 0.6 is 11.3 Å². The van der Waals surface area contributed by atoms with E-state index in [9.17, 15) is 22.8 Å². The average molecular weight is 440 g/mol. The first-order valence-corrected chi connectivity index (χ1v) is 10.7. The molecule has 2 amide bonds. The molecular weight excluding hydrogens is 415 g/mol. The summed E-state index contributed by atoms with van der Waals surface area (Å²) >= 11 is 1.30. The highest BCUT2D eigenvalue weighted by Gasteiger charge is 2.32. The Morgan fingerprint density at radius 3 is 2.77 bits per heavy atom. The maximum absolute atomic E-state index is 13.2. The number of hydrogen-bond acceptors (Lipinski definition) is 4. The molecule has 1 aromatic carbocycles. The third-order valence-corrected chi connectivity index (χ3v) is 6.22. The number of amides is 2. The third-order valence-electron chi connectivity index (χ3n) is 5.01. The number of aromatic nitrogens is 1. The number of nitrogens with one attached hydrogen (secondary N) is 1. The summed E-state index contributed by atoms with van der Waals surface area (Å²) in [6.07, 6.45) is -1.71. The quantitative estimate of drug-likeness (QED) is 0.690. The van der Waals surface area contributed by atoms with Gasteiger partial charge in [0.15, 0.2) is 0 Å². The maximum atomic E-state index is 13.2. The van der Waals surface area contributed by atoms with Gasteiger partial charge in [0.1, 0.15) is 4.88 Å². The summed E-state index contributed by atoms with van der Waals surface area (Å²) in [4.78, 5) is 31.5. The number of rotatable bonds is 7. The van der Waals surface area contributed by atoms with E-state index in [4.69, 9.17) is 0 Å². The van der Waals surface area contributed by atoms with Gasteiger partial charge < -0.3 is 10.2 Å². The van der Waals surface area contributed by atoms with Crippen molar-refractivity contribution in [3.05, 3.63) is 51.0 Å². The van der Waals surface area contributed by atoms with Gasteiger partial charge in [0.05, 0.1) is 22.3 Å². The second-order valence-corrected chi connectivity index (χ2v) is 8.45. The number of nitrogens with zero attached hydrogens (tertiary/aromatic N) is 2. The van der Waals surface area contributed by atoms with Crippen molar-refractivity contribution in [1.82, 2.24) is 15.2 Å². The van der Waals surface area contributed by atoms with Crippen LogP contribution in [0.2, 0.25) is 0 Å². The van der Waals surface area contributed by atoms with Gasteiger partial charge in [-0.1, -0.05) is 19.1 Å². The Labute approximate surface area is 177 Å². The lowest BCUT2D eigenvalue weighted by atomic mass is 10.0. The number of alkyl halides is 3. The number of benzene rings is 1. The SMILES string of the molecule is CCCc1nc(C)c(C(=O)NC(CN2CCCC2=O)c2cccc(C(F)(F)F)c2)s1. The third kappa shape index (κ3) is 5.19. The highest BCUT2D eigenvalue weighted by Crippen LogP contribution is 2.31. The van der Waals surface area contributed by atoms with Crippen LogP contribution in [0.25, 0.3) is 0 Å². The Morgan fingerprint density at radius 2 is 2.13 bits per heavy atom. The molecule has 1 aromatic heterocycles. The zero-order valence-electron chi connectivity index (χ0n) is 16.9. The van der Waals surface area contributed by atoms with Crippen molar-refractivity contribution in [2.45, 2.75) is 51.7 Å². The highest BCUT2D eigenvalue weighted by atomic mass is 32.1. The maximum Gasteiger partial charge on any atom is 0.416 e. The first-order valence-electron chi connectivity index (χ1n) is 9.91. The zero-order chi connectivity index (χ0) is 21.9. The Kier molecular flexibility index (Phi) is 6.80. The van der Waals surface area contributed by atoms with E-state index >= 15 is 0 Å². The molecule has 1 unspecified atom stereocenters. The fourth-order valence-corrected chi connectivity index (χ4v) is 4.56. The van der Waals surface area contributed by atoms with Crippen LogP contribution in [-0.4, -0.2) is 34.8 Å². The standard InChI is InChI=1S/C21H24F3N3O2S/c1-3-6-17-25-13(2)19(30-17)20(29)26-16(12-27-10-5-9-18(27)28)14-7-4-8-15(11-14)21(22,23)24/h4,7-8,11,16H,3,5-6,9-10,12H2,1-2H3,(H,26,29). The zero-order valence-corrected chi connectivity index (χ0v) is 17.7. The van der Waals surface area contributed by atoms with E-state index < -0.39 is 17.8 Å². The van der Waals surface area contributed by atoms with E-state index in [0.717, 1.165) is 30.0 Å². The molecule has 1 N–H and O–H groups in total. The van der Waals surface area contributed by atoms with Gasteiger partial charge in [-0.3, -0.25) is 9.59 Å². The Bertz CT molecular complexity index is 926. The van der Waals surface area contributed by atoms with Crippen LogP contribution in [0.5, 0.6) is 0 Å². The minimum atomic E-state index is -4.49. The molecule has 9 heteroatoms. The highest BCUT2D eigenvalue weighted by molar-refractivity contribution is 7.13. The van der Waals surface area contributed by atoms with Gasteiger partial charge in [0.25, 0.3) is 5.91 Å². The molecule has 1 saturated heterocycles. The second-order valence-electron chi connectivity index (χ2n) is 7.36. The van der Waals surface area contributed by atoms with Crippen molar-refractivity contribution in [3.8, 4) is 0 Å². The van der Waals surface area contributed by atoms with E-state index in [-0.39, 0.29) is 18.4 Å². The minimum Gasteiger partial charge on any atom is -0.343 e. The van der Waals surface area contributed by atoms with E-state index in [1.54, 1.807) is 17.9 Å². The van der Waals surface area contributed by atoms with Crippen molar-refractivity contribution in [3.63, 3.8) is 0 Å². The van der Waals surface area contributed by atoms with Crippen LogP contribution in [0.15, 0.2) is 24.3 Å². The van der Waals surface area contributed by atoms with Crippen molar-refractivity contribution in [1.29, 1.82) is 0 Å². The molecule has 0 bridgehead atoms. The lowest BCUT2D eigenvalue weighted by Gasteiger charge is -2.25. The molecule has 30 heavy (non-hydrogen) atoms. The normalized spacial score (nSPS) is 15.5. The average Bonchev–Trinajstić information content (AvgIpc) is 3.26. The van der Waals surface area contributed by atoms with Crippen LogP contribution in [0.1, 0.15) is 63.7 Å². The van der Waals surface area contributed by atoms with Crippen LogP contribution < -0.4 is 5.32 Å². The molecule has 0 radical (unpaired) electrons. The molecule has 2 aromatic rings. The van der Waals surface area contributed by atoms with Crippen LogP contribution in [-0.2, 0) is 17.4 Å². The topological polar surface area (TPSA) is 62.3 Å². The molecule has 162 valence electrons. The summed E-state index contributed by atoms with van der Waals surface area (Å²) < 4.78 is 39.6. The van der Waals surface area contributed by atoms with Crippen molar-refractivity contribution < 1.29 is 22.8 Å². The molecule has 5 nitrogen and oxygen atoms in total. The number of carbonyl (C=O) groups is 2. The van der Waals surface area contributed by atoms with Gasteiger partial charge in [-0.05, 0) is 43.9 Å². The fraction of sp³-hybridized carbons (Fsp3) is 0.476. The smallest absolute Gasteiger partial charge is 0.343 e. The monoisotopic (exact) mass is 439 g/mol. The molecule has 2 heterocycles. The van der Waals surface area contributed by atoms with Crippen molar-refractivity contribution in [2.24, 2.45) is 0 Å². The molecule has 1 aliphatic heterocycles. The van der Waals surface area contributed by atoms with Crippen molar-refractivity contribution in [2.75, 3.05) is 13.1 Å². The number of likely N-dealkylation sites (tertiary alicyclic amines) is 1. The number of hydrogen-bond donors (Lipinski definition) is 1. The predicted octanol–water partition coefficient (Wildman–Crippen LogP) is 4.52. The van der Waals surface area contributed by atoms with Gasteiger partial charge in [0.2, 0.25) is 5.91 Å². The van der Waals surface area contributed by atoms with Crippen molar-refractivity contribution >= 4 is 23.2 Å². The molecule has 0 aliphatic carbocycles. The van der Waals surface area contributed by atoms with Crippen LogP contribution in [0, 0.1) is 6.92 Å². The van der Waals surface area contributed by atoms with E-state index in [1.807, 2.05) is 6.92 Å². The number of thiazole rings is 1. The van der Waals surface area contributed by atoms with E-state index in [2.05, 4.69) is 10.3 Å². The predicted molar refractivity (Wildman–Crippen MR) is 108 cm³/mol. The Morgan fingerprint density at radius 1 is 1.37 bits per heavy atom.